The SMILES string of the molecule is CNc1ccccc1C(=O)N(CC(C)C)C(C)C. The number of hydrogen-bond acceptors (Lipinski definition) is 2. The first kappa shape index (κ1) is 14.6. The van der Waals surface area contributed by atoms with Crippen molar-refractivity contribution in [2.24, 2.45) is 5.92 Å². The molecule has 1 aromatic carbocycles. The molecule has 0 heterocycles. The van der Waals surface area contributed by atoms with Crippen LogP contribution in [0.15, 0.2) is 24.3 Å². The summed E-state index contributed by atoms with van der Waals surface area (Å²) in [5.74, 6) is 0.571. The van der Waals surface area contributed by atoms with Gasteiger partial charge in [0.25, 0.3) is 5.91 Å². The van der Waals surface area contributed by atoms with Crippen molar-refractivity contribution in [2.45, 2.75) is 33.7 Å². The molecule has 1 amide bonds. The Bertz CT molecular complexity index is 399. The van der Waals surface area contributed by atoms with E-state index < -0.39 is 0 Å². The van der Waals surface area contributed by atoms with E-state index >= 15 is 0 Å². The molecule has 0 bridgehead atoms. The number of hydrogen-bond donors (Lipinski definition) is 1. The van der Waals surface area contributed by atoms with Crippen LogP contribution in [-0.2, 0) is 0 Å². The monoisotopic (exact) mass is 248 g/mol. The summed E-state index contributed by atoms with van der Waals surface area (Å²) < 4.78 is 0. The second-order valence-electron chi connectivity index (χ2n) is 5.24. The van der Waals surface area contributed by atoms with Crippen LogP contribution in [0.2, 0.25) is 0 Å². The normalized spacial score (nSPS) is 10.8. The van der Waals surface area contributed by atoms with Gasteiger partial charge in [-0.1, -0.05) is 26.0 Å². The number of para-hydroxylation sites is 1. The van der Waals surface area contributed by atoms with Gasteiger partial charge in [0.1, 0.15) is 0 Å². The van der Waals surface area contributed by atoms with Crippen LogP contribution in [0.3, 0.4) is 0 Å². The fourth-order valence-electron chi connectivity index (χ4n) is 1.96. The molecule has 0 atom stereocenters. The molecule has 1 rings (SSSR count). The van der Waals surface area contributed by atoms with Crippen LogP contribution < -0.4 is 5.32 Å². The number of nitrogens with one attached hydrogen (secondary N) is 1. The topological polar surface area (TPSA) is 32.3 Å². The molecule has 0 unspecified atom stereocenters. The fourth-order valence-corrected chi connectivity index (χ4v) is 1.96. The Kier molecular flexibility index (Phi) is 5.20. The second-order valence-corrected chi connectivity index (χ2v) is 5.24. The van der Waals surface area contributed by atoms with E-state index in [4.69, 9.17) is 0 Å². The van der Waals surface area contributed by atoms with Crippen LogP contribution >= 0.6 is 0 Å². The van der Waals surface area contributed by atoms with E-state index in [1.807, 2.05) is 36.2 Å². The Labute approximate surface area is 110 Å². The predicted molar refractivity (Wildman–Crippen MR) is 77.0 cm³/mol. The number of benzene rings is 1. The van der Waals surface area contributed by atoms with E-state index in [0.717, 1.165) is 17.8 Å². The maximum Gasteiger partial charge on any atom is 0.256 e. The van der Waals surface area contributed by atoms with Crippen LogP contribution in [0.5, 0.6) is 0 Å². The molecular formula is C15H24N2O. The van der Waals surface area contributed by atoms with E-state index in [9.17, 15) is 4.79 Å². The molecule has 0 aliphatic rings. The second kappa shape index (κ2) is 6.43. The van der Waals surface area contributed by atoms with Gasteiger partial charge < -0.3 is 10.2 Å². The van der Waals surface area contributed by atoms with Crippen molar-refractivity contribution in [2.75, 3.05) is 18.9 Å². The van der Waals surface area contributed by atoms with E-state index in [-0.39, 0.29) is 11.9 Å². The van der Waals surface area contributed by atoms with Crippen molar-refractivity contribution in [1.29, 1.82) is 0 Å². The van der Waals surface area contributed by atoms with Gasteiger partial charge in [0.05, 0.1) is 5.56 Å². The molecule has 3 heteroatoms. The summed E-state index contributed by atoms with van der Waals surface area (Å²) in [6, 6.07) is 7.86. The first-order valence-corrected chi connectivity index (χ1v) is 6.55. The number of nitrogens with zero attached hydrogens (tertiary/aromatic N) is 1. The number of rotatable bonds is 5. The highest BCUT2D eigenvalue weighted by molar-refractivity contribution is 5.99. The minimum absolute atomic E-state index is 0.101. The van der Waals surface area contributed by atoms with E-state index in [1.54, 1.807) is 0 Å². The highest BCUT2D eigenvalue weighted by atomic mass is 16.2. The van der Waals surface area contributed by atoms with Gasteiger partial charge in [-0.15, -0.1) is 0 Å². The third-order valence-corrected chi connectivity index (χ3v) is 2.87. The summed E-state index contributed by atoms with van der Waals surface area (Å²) in [7, 11) is 1.84. The van der Waals surface area contributed by atoms with Gasteiger partial charge in [-0.2, -0.15) is 0 Å². The Balaban J connectivity index is 3.02. The summed E-state index contributed by atoms with van der Waals surface area (Å²) >= 11 is 0. The summed E-state index contributed by atoms with van der Waals surface area (Å²) in [5, 5.41) is 3.08. The average Bonchev–Trinajstić information content (AvgIpc) is 2.34. The molecule has 0 radical (unpaired) electrons. The summed E-state index contributed by atoms with van der Waals surface area (Å²) in [5.41, 5.74) is 1.63. The summed E-state index contributed by atoms with van der Waals surface area (Å²) in [4.78, 5) is 14.5. The van der Waals surface area contributed by atoms with Gasteiger partial charge in [-0.3, -0.25) is 4.79 Å². The van der Waals surface area contributed by atoms with Crippen molar-refractivity contribution in [3.8, 4) is 0 Å². The first-order valence-electron chi connectivity index (χ1n) is 6.55. The highest BCUT2D eigenvalue weighted by Crippen LogP contribution is 2.18. The van der Waals surface area contributed by atoms with E-state index in [2.05, 4.69) is 33.0 Å². The van der Waals surface area contributed by atoms with Gasteiger partial charge in [-0.25, -0.2) is 0 Å². The third-order valence-electron chi connectivity index (χ3n) is 2.87. The molecule has 18 heavy (non-hydrogen) atoms. The van der Waals surface area contributed by atoms with Crippen molar-refractivity contribution in [3.05, 3.63) is 29.8 Å². The van der Waals surface area contributed by atoms with Crippen LogP contribution in [-0.4, -0.2) is 30.4 Å². The zero-order valence-corrected chi connectivity index (χ0v) is 12.0. The third kappa shape index (κ3) is 3.49. The van der Waals surface area contributed by atoms with Gasteiger partial charge in [0.2, 0.25) is 0 Å². The van der Waals surface area contributed by atoms with Crippen molar-refractivity contribution >= 4 is 11.6 Å². The lowest BCUT2D eigenvalue weighted by Gasteiger charge is -2.29. The number of amides is 1. The Morgan fingerprint density at radius 2 is 1.83 bits per heavy atom. The number of carbonyl (C=O) groups is 1. The first-order chi connectivity index (χ1) is 8.47. The van der Waals surface area contributed by atoms with E-state index in [0.29, 0.717) is 5.92 Å². The van der Waals surface area contributed by atoms with Crippen LogP contribution in [0.25, 0.3) is 0 Å². The van der Waals surface area contributed by atoms with Gasteiger partial charge in [0, 0.05) is 25.3 Å². The lowest BCUT2D eigenvalue weighted by Crippen LogP contribution is -2.39. The average molecular weight is 248 g/mol. The molecule has 1 aromatic rings. The summed E-state index contributed by atoms with van der Waals surface area (Å²) in [6.07, 6.45) is 0. The molecular weight excluding hydrogens is 224 g/mol. The molecule has 0 saturated carbocycles. The van der Waals surface area contributed by atoms with Gasteiger partial charge in [-0.05, 0) is 31.9 Å². The Hall–Kier alpha value is -1.51. The van der Waals surface area contributed by atoms with Crippen molar-refractivity contribution in [1.82, 2.24) is 4.90 Å². The van der Waals surface area contributed by atoms with Crippen molar-refractivity contribution in [3.63, 3.8) is 0 Å². The van der Waals surface area contributed by atoms with Crippen LogP contribution in [0.1, 0.15) is 38.1 Å². The molecule has 100 valence electrons. The molecule has 0 saturated heterocycles. The zero-order chi connectivity index (χ0) is 13.7. The van der Waals surface area contributed by atoms with Crippen LogP contribution in [0, 0.1) is 5.92 Å². The zero-order valence-electron chi connectivity index (χ0n) is 12.0. The molecule has 0 aliphatic carbocycles. The molecule has 0 aliphatic heterocycles. The molecule has 0 spiro atoms. The van der Waals surface area contributed by atoms with Crippen LogP contribution in [0.4, 0.5) is 5.69 Å². The maximum absolute atomic E-state index is 12.6. The number of carbonyl (C=O) groups excluding carboxylic acids is 1. The standard InChI is InChI=1S/C15H24N2O/c1-11(2)10-17(12(3)4)15(18)13-8-6-7-9-14(13)16-5/h6-9,11-12,16H,10H2,1-5H3. The van der Waals surface area contributed by atoms with Gasteiger partial charge >= 0.3 is 0 Å². The number of anilines is 1. The molecule has 0 aromatic heterocycles. The smallest absolute Gasteiger partial charge is 0.256 e. The lowest BCUT2D eigenvalue weighted by atomic mass is 10.1. The Morgan fingerprint density at radius 3 is 2.33 bits per heavy atom. The minimum atomic E-state index is 0.101. The fraction of sp³-hybridized carbons (Fsp3) is 0.533. The molecule has 0 fully saturated rings. The van der Waals surface area contributed by atoms with Gasteiger partial charge in [0.15, 0.2) is 0 Å². The maximum atomic E-state index is 12.6. The van der Waals surface area contributed by atoms with E-state index in [1.165, 1.54) is 0 Å². The largest absolute Gasteiger partial charge is 0.387 e. The lowest BCUT2D eigenvalue weighted by molar-refractivity contribution is 0.0683. The minimum Gasteiger partial charge on any atom is -0.387 e. The predicted octanol–water partition coefficient (Wildman–Crippen LogP) is 3.23. The molecule has 1 N–H and O–H groups in total. The highest BCUT2D eigenvalue weighted by Gasteiger charge is 2.21. The quantitative estimate of drug-likeness (QED) is 0.867. The molecule has 3 nitrogen and oxygen atoms in total. The Morgan fingerprint density at radius 1 is 1.22 bits per heavy atom. The van der Waals surface area contributed by atoms with Crippen molar-refractivity contribution < 1.29 is 4.79 Å². The summed E-state index contributed by atoms with van der Waals surface area (Å²) in [6.45, 7) is 9.17.